The summed E-state index contributed by atoms with van der Waals surface area (Å²) in [5.41, 5.74) is 6.56. The van der Waals surface area contributed by atoms with Crippen molar-refractivity contribution in [2.45, 2.75) is 31.4 Å². The van der Waals surface area contributed by atoms with E-state index < -0.39 is 5.91 Å². The molecule has 4 heteroatoms. The lowest BCUT2D eigenvalue weighted by molar-refractivity contribution is 0.100. The van der Waals surface area contributed by atoms with Gasteiger partial charge in [0.1, 0.15) is 0 Å². The van der Waals surface area contributed by atoms with Gasteiger partial charge >= 0.3 is 0 Å². The summed E-state index contributed by atoms with van der Waals surface area (Å²) in [5, 5.41) is 12.9. The van der Waals surface area contributed by atoms with Gasteiger partial charge in [0.15, 0.2) is 0 Å². The van der Waals surface area contributed by atoms with Gasteiger partial charge in [-0.1, -0.05) is 0 Å². The topological polar surface area (TPSA) is 75.4 Å². The number of hydrogen-bond donors (Lipinski definition) is 3. The smallest absolute Gasteiger partial charge is 0.248 e. The highest BCUT2D eigenvalue weighted by atomic mass is 16.3. The van der Waals surface area contributed by atoms with Crippen LogP contribution in [0.3, 0.4) is 0 Å². The van der Waals surface area contributed by atoms with Crippen molar-refractivity contribution in [2.75, 3.05) is 5.32 Å². The van der Waals surface area contributed by atoms with E-state index in [1.807, 2.05) is 12.1 Å². The Morgan fingerprint density at radius 3 is 2.50 bits per heavy atom. The second kappa shape index (κ2) is 4.53. The number of carbonyl (C=O) groups is 1. The van der Waals surface area contributed by atoms with Crippen LogP contribution in [0.2, 0.25) is 0 Å². The molecule has 86 valence electrons. The van der Waals surface area contributed by atoms with Crippen LogP contribution in [0.1, 0.15) is 29.6 Å². The van der Waals surface area contributed by atoms with Crippen LogP contribution >= 0.6 is 0 Å². The van der Waals surface area contributed by atoms with Gasteiger partial charge in [-0.2, -0.15) is 0 Å². The molecule has 0 heterocycles. The van der Waals surface area contributed by atoms with Crippen LogP contribution in [0.15, 0.2) is 24.3 Å². The van der Waals surface area contributed by atoms with Crippen molar-refractivity contribution in [3.05, 3.63) is 29.8 Å². The van der Waals surface area contributed by atoms with Gasteiger partial charge in [-0.25, -0.2) is 0 Å². The lowest BCUT2D eigenvalue weighted by Crippen LogP contribution is -2.27. The highest BCUT2D eigenvalue weighted by Crippen LogP contribution is 2.23. The molecule has 1 aliphatic carbocycles. The predicted octanol–water partition coefficient (Wildman–Crippen LogP) is 1.11. The zero-order chi connectivity index (χ0) is 11.5. The number of aliphatic hydroxyl groups excluding tert-OH is 1. The van der Waals surface area contributed by atoms with Crippen molar-refractivity contribution in [1.82, 2.24) is 0 Å². The summed E-state index contributed by atoms with van der Waals surface area (Å²) in [5.74, 6) is -0.424. The van der Waals surface area contributed by atoms with Crippen molar-refractivity contribution in [1.29, 1.82) is 0 Å². The maximum Gasteiger partial charge on any atom is 0.248 e. The number of amides is 1. The molecule has 4 N–H and O–H groups in total. The zero-order valence-electron chi connectivity index (χ0n) is 9.02. The van der Waals surface area contributed by atoms with E-state index in [4.69, 9.17) is 5.73 Å². The number of carbonyl (C=O) groups excluding carboxylic acids is 1. The van der Waals surface area contributed by atoms with Crippen molar-refractivity contribution in [3.63, 3.8) is 0 Å². The Bertz CT molecular complexity index is 375. The number of rotatable bonds is 3. The molecule has 2 rings (SSSR count). The second-order valence-corrected chi connectivity index (χ2v) is 4.19. The summed E-state index contributed by atoms with van der Waals surface area (Å²) in [4.78, 5) is 10.9. The average molecular weight is 220 g/mol. The van der Waals surface area contributed by atoms with Crippen LogP contribution < -0.4 is 11.1 Å². The first-order valence-corrected chi connectivity index (χ1v) is 5.51. The monoisotopic (exact) mass is 220 g/mol. The molecule has 0 aromatic heterocycles. The first kappa shape index (κ1) is 11.0. The first-order chi connectivity index (χ1) is 7.66. The van der Waals surface area contributed by atoms with E-state index in [2.05, 4.69) is 5.32 Å². The predicted molar refractivity (Wildman–Crippen MR) is 62.2 cm³/mol. The molecule has 1 aliphatic rings. The van der Waals surface area contributed by atoms with E-state index in [0.29, 0.717) is 5.56 Å². The lowest BCUT2D eigenvalue weighted by atomic mass is 10.1. The largest absolute Gasteiger partial charge is 0.391 e. The summed E-state index contributed by atoms with van der Waals surface area (Å²) in [6, 6.07) is 7.12. The summed E-state index contributed by atoms with van der Waals surface area (Å²) in [6.07, 6.45) is 2.63. The highest BCUT2D eigenvalue weighted by Gasteiger charge is 2.24. The average Bonchev–Trinajstić information content (AvgIpc) is 2.65. The van der Waals surface area contributed by atoms with Gasteiger partial charge in [0.05, 0.1) is 12.1 Å². The molecule has 0 radical (unpaired) electrons. The molecule has 0 saturated heterocycles. The van der Waals surface area contributed by atoms with Crippen LogP contribution in [0, 0.1) is 0 Å². The Morgan fingerprint density at radius 2 is 2.00 bits per heavy atom. The molecule has 1 fully saturated rings. The Balaban J connectivity index is 2.02. The maximum absolute atomic E-state index is 10.9. The number of nitrogens with one attached hydrogen (secondary N) is 1. The molecule has 2 unspecified atom stereocenters. The van der Waals surface area contributed by atoms with Crippen LogP contribution in [0.25, 0.3) is 0 Å². The number of anilines is 1. The number of primary amides is 1. The van der Waals surface area contributed by atoms with Gasteiger partial charge in [-0.3, -0.25) is 4.79 Å². The van der Waals surface area contributed by atoms with E-state index >= 15 is 0 Å². The normalized spacial score (nSPS) is 24.3. The molecule has 1 aromatic carbocycles. The second-order valence-electron chi connectivity index (χ2n) is 4.19. The van der Waals surface area contributed by atoms with E-state index in [-0.39, 0.29) is 12.1 Å². The maximum atomic E-state index is 10.9. The summed E-state index contributed by atoms with van der Waals surface area (Å²) in [6.45, 7) is 0. The molecule has 1 aromatic rings. The van der Waals surface area contributed by atoms with Gasteiger partial charge < -0.3 is 16.2 Å². The van der Waals surface area contributed by atoms with E-state index in [1.165, 1.54) is 0 Å². The molecule has 4 nitrogen and oxygen atoms in total. The number of aliphatic hydroxyl groups is 1. The SMILES string of the molecule is NC(=O)c1ccc(NC2CCCC2O)cc1. The van der Waals surface area contributed by atoms with Gasteiger partial charge in [-0.15, -0.1) is 0 Å². The third kappa shape index (κ3) is 2.33. The van der Waals surface area contributed by atoms with Crippen molar-refractivity contribution in [2.24, 2.45) is 5.73 Å². The molecule has 0 spiro atoms. The fourth-order valence-corrected chi connectivity index (χ4v) is 2.05. The molecule has 2 atom stereocenters. The molecule has 16 heavy (non-hydrogen) atoms. The molecular formula is C12H16N2O2. The van der Waals surface area contributed by atoms with E-state index in [1.54, 1.807) is 12.1 Å². The summed E-state index contributed by atoms with van der Waals surface area (Å²) >= 11 is 0. The lowest BCUT2D eigenvalue weighted by Gasteiger charge is -2.17. The van der Waals surface area contributed by atoms with E-state index in [0.717, 1.165) is 24.9 Å². The fraction of sp³-hybridized carbons (Fsp3) is 0.417. The van der Waals surface area contributed by atoms with Gasteiger partial charge in [0.25, 0.3) is 0 Å². The van der Waals surface area contributed by atoms with Crippen LogP contribution in [-0.4, -0.2) is 23.2 Å². The van der Waals surface area contributed by atoms with Crippen molar-refractivity contribution < 1.29 is 9.90 Å². The number of nitrogens with two attached hydrogens (primary N) is 1. The van der Waals surface area contributed by atoms with Gasteiger partial charge in [-0.05, 0) is 43.5 Å². The molecule has 1 amide bonds. The molecular weight excluding hydrogens is 204 g/mol. The van der Waals surface area contributed by atoms with Crippen LogP contribution in [0.4, 0.5) is 5.69 Å². The third-order valence-corrected chi connectivity index (χ3v) is 3.00. The van der Waals surface area contributed by atoms with E-state index in [9.17, 15) is 9.90 Å². The fourth-order valence-electron chi connectivity index (χ4n) is 2.05. The Kier molecular flexibility index (Phi) is 3.10. The quantitative estimate of drug-likeness (QED) is 0.714. The van der Waals surface area contributed by atoms with Crippen LogP contribution in [0.5, 0.6) is 0 Å². The van der Waals surface area contributed by atoms with Gasteiger partial charge in [0, 0.05) is 11.3 Å². The minimum Gasteiger partial charge on any atom is -0.391 e. The number of benzene rings is 1. The van der Waals surface area contributed by atoms with Crippen LogP contribution in [-0.2, 0) is 0 Å². The highest BCUT2D eigenvalue weighted by molar-refractivity contribution is 5.93. The Hall–Kier alpha value is -1.55. The Labute approximate surface area is 94.5 Å². The third-order valence-electron chi connectivity index (χ3n) is 3.00. The van der Waals surface area contributed by atoms with Gasteiger partial charge in [0.2, 0.25) is 5.91 Å². The van der Waals surface area contributed by atoms with Crippen molar-refractivity contribution >= 4 is 11.6 Å². The number of hydrogen-bond acceptors (Lipinski definition) is 3. The van der Waals surface area contributed by atoms with Crippen molar-refractivity contribution in [3.8, 4) is 0 Å². The minimum absolute atomic E-state index is 0.124. The molecule has 1 saturated carbocycles. The Morgan fingerprint density at radius 1 is 1.31 bits per heavy atom. The standard InChI is InChI=1S/C12H16N2O2/c13-12(16)8-4-6-9(7-5-8)14-10-2-1-3-11(10)15/h4-7,10-11,14-15H,1-3H2,(H2,13,16). The first-order valence-electron chi connectivity index (χ1n) is 5.51. The summed E-state index contributed by atoms with van der Waals surface area (Å²) < 4.78 is 0. The minimum atomic E-state index is -0.424. The molecule has 0 aliphatic heterocycles. The summed E-state index contributed by atoms with van der Waals surface area (Å²) in [7, 11) is 0. The molecule has 0 bridgehead atoms. The zero-order valence-corrected chi connectivity index (χ0v) is 9.02.